The molecule has 6 heterocycles. The highest BCUT2D eigenvalue weighted by Gasteiger charge is 2.23. The Bertz CT molecular complexity index is 9510. The molecular weight excluding hydrogens is 1670 g/mol. The van der Waals surface area contributed by atoms with Crippen LogP contribution in [-0.4, -0.2) is 27.4 Å². The molecule has 0 fully saturated rings. The van der Waals surface area contributed by atoms with E-state index in [-0.39, 0.29) is 0 Å². The van der Waals surface area contributed by atoms with E-state index in [1.807, 2.05) is 0 Å². The van der Waals surface area contributed by atoms with E-state index >= 15 is 0 Å². The number of hydrogen-bond acceptors (Lipinski definition) is 0. The first-order valence-electron chi connectivity index (χ1n) is 47.4. The number of nitrogens with zero attached hydrogens (tertiary/aromatic N) is 6. The van der Waals surface area contributed by atoms with Crippen LogP contribution in [0, 0.1) is 0 Å². The van der Waals surface area contributed by atoms with Gasteiger partial charge in [0, 0.05) is 98.8 Å². The molecule has 0 atom stereocenters. The molecule has 0 unspecified atom stereocenters. The first-order valence-corrected chi connectivity index (χ1v) is 47.4. The molecular formula is C132H88N6. The van der Waals surface area contributed by atoms with Crippen molar-refractivity contribution in [2.45, 2.75) is 0 Å². The van der Waals surface area contributed by atoms with Crippen LogP contribution in [0.5, 0.6) is 0 Å². The zero-order valence-electron chi connectivity index (χ0n) is 75.5. The van der Waals surface area contributed by atoms with Gasteiger partial charge in [0.2, 0.25) is 0 Å². The van der Waals surface area contributed by atoms with Gasteiger partial charge < -0.3 is 27.4 Å². The highest BCUT2D eigenvalue weighted by atomic mass is 15.0. The third-order valence-corrected chi connectivity index (χ3v) is 28.0. The standard InChI is InChI=1S/C48H32N2.2C42H28N2/c1-3-12-33(13-4-1)35-22-26-39(27-23-35)49-46-21-10-8-19-42(46)44-31-37(25-29-47(44)49)38-24-28-43-41-18-7-9-20-45(41)50(48(43)32-38)40-17-11-16-36(30-40)34-14-5-2-6-15-34;1-3-11-29(12-4-1)30-19-23-34(24-20-30)43-40-18-10-8-16-36(40)38-27-31(22-26-41(38)43)32-21-25-37-35-15-7-9-17-39(35)44(42(37)28-32)33-13-5-2-6-14-33;1-3-11-29(12-4-1)30-19-23-34(24-20-30)44-39-17-9-7-15-35(39)37-25-21-32(28-42(37)44)31-22-26-41-38(27-31)36-16-8-10-18-40(36)43(41)33-13-5-2-6-14-33/h1-32H;2*1-28H. The minimum Gasteiger partial charge on any atom is -0.309 e. The maximum absolute atomic E-state index is 2.42. The van der Waals surface area contributed by atoms with Crippen LogP contribution in [0.1, 0.15) is 0 Å². The molecule has 28 rings (SSSR count). The van der Waals surface area contributed by atoms with Gasteiger partial charge in [-0.3, -0.25) is 0 Å². The van der Waals surface area contributed by atoms with Crippen molar-refractivity contribution >= 4 is 131 Å². The van der Waals surface area contributed by atoms with E-state index in [4.69, 9.17) is 0 Å². The topological polar surface area (TPSA) is 29.6 Å². The molecule has 0 saturated carbocycles. The van der Waals surface area contributed by atoms with Crippen LogP contribution in [0.4, 0.5) is 0 Å². The van der Waals surface area contributed by atoms with Gasteiger partial charge in [0.25, 0.3) is 0 Å². The average molecular weight is 1760 g/mol. The molecule has 22 aromatic carbocycles. The summed E-state index contributed by atoms with van der Waals surface area (Å²) < 4.78 is 14.4. The van der Waals surface area contributed by atoms with Crippen LogP contribution in [0.2, 0.25) is 0 Å². The summed E-state index contributed by atoms with van der Waals surface area (Å²) in [5.74, 6) is 0. The molecule has 6 aromatic heterocycles. The molecule has 646 valence electrons. The molecule has 6 heteroatoms. The molecule has 6 nitrogen and oxygen atoms in total. The van der Waals surface area contributed by atoms with Gasteiger partial charge >= 0.3 is 0 Å². The van der Waals surface area contributed by atoms with Gasteiger partial charge in [-0.2, -0.15) is 0 Å². The molecule has 0 amide bonds. The summed E-state index contributed by atoms with van der Waals surface area (Å²) in [5, 5.41) is 15.1. The highest BCUT2D eigenvalue weighted by Crippen LogP contribution is 2.45. The maximum Gasteiger partial charge on any atom is 0.0547 e. The second-order valence-corrected chi connectivity index (χ2v) is 35.8. The van der Waals surface area contributed by atoms with Crippen LogP contribution < -0.4 is 0 Å². The van der Waals surface area contributed by atoms with E-state index in [0.29, 0.717) is 0 Å². The summed E-state index contributed by atoms with van der Waals surface area (Å²) in [4.78, 5) is 0. The molecule has 138 heavy (non-hydrogen) atoms. The number of rotatable bonds is 13. The average Bonchev–Trinajstić information content (AvgIpc) is 1.59. The summed E-state index contributed by atoms with van der Waals surface area (Å²) in [6.07, 6.45) is 0. The third-order valence-electron chi connectivity index (χ3n) is 28.0. The first-order chi connectivity index (χ1) is 68.5. The molecule has 0 radical (unpaired) electrons. The number of para-hydroxylation sites is 8. The lowest BCUT2D eigenvalue weighted by Crippen LogP contribution is -1.95. The van der Waals surface area contributed by atoms with Gasteiger partial charge in [0.05, 0.1) is 66.2 Å². The van der Waals surface area contributed by atoms with E-state index in [1.165, 1.54) is 220 Å². The van der Waals surface area contributed by atoms with E-state index in [1.54, 1.807) is 0 Å². The van der Waals surface area contributed by atoms with E-state index in [0.717, 1.165) is 22.7 Å². The van der Waals surface area contributed by atoms with Crippen molar-refractivity contribution in [3.8, 4) is 112 Å². The van der Waals surface area contributed by atoms with Gasteiger partial charge in [-0.15, -0.1) is 0 Å². The SMILES string of the molecule is c1ccc(-c2ccc(-n3c4ccccc4c4cc(-c5ccc6c7ccccc7n(-c7cccc(-c8ccccc8)c7)c6c5)ccc43)cc2)cc1.c1ccc(-c2ccc(-n3c4ccccc4c4cc(-c5ccc6c7ccccc7n(-c7ccccc7)c6c5)ccc43)cc2)cc1.c1ccc(-c2ccc(-n3c4ccccc4c4ccc(-c5ccc6c(c5)c5ccccc5n6-c5ccccc5)cc43)cc2)cc1. The molecule has 0 aliphatic rings. The Hall–Kier alpha value is -18.4. The third kappa shape index (κ3) is 14.0. The quantitative estimate of drug-likeness (QED) is 0.110. The smallest absolute Gasteiger partial charge is 0.0547 e. The summed E-state index contributed by atoms with van der Waals surface area (Å²) in [5.41, 5.74) is 38.6. The lowest BCUT2D eigenvalue weighted by molar-refractivity contribution is 1.18. The predicted molar refractivity (Wildman–Crippen MR) is 583 cm³/mol. The zero-order chi connectivity index (χ0) is 91.1. The molecule has 0 aliphatic heterocycles. The number of benzene rings is 22. The fourth-order valence-electron chi connectivity index (χ4n) is 21.5. The summed E-state index contributed by atoms with van der Waals surface area (Å²) >= 11 is 0. The lowest BCUT2D eigenvalue weighted by atomic mass is 10.0. The fourth-order valence-corrected chi connectivity index (χ4v) is 21.5. The van der Waals surface area contributed by atoms with Crippen LogP contribution in [-0.2, 0) is 0 Å². The molecule has 0 aliphatic carbocycles. The fraction of sp³-hybridized carbons (Fsp3) is 0. The van der Waals surface area contributed by atoms with Crippen molar-refractivity contribution < 1.29 is 0 Å². The van der Waals surface area contributed by atoms with Crippen molar-refractivity contribution in [2.75, 3.05) is 0 Å². The Kier molecular flexibility index (Phi) is 19.9. The van der Waals surface area contributed by atoms with Crippen LogP contribution >= 0.6 is 0 Å². The van der Waals surface area contributed by atoms with Crippen molar-refractivity contribution in [1.29, 1.82) is 0 Å². The summed E-state index contributed by atoms with van der Waals surface area (Å²) in [6, 6.07) is 193. The Balaban J connectivity index is 0.000000107. The van der Waals surface area contributed by atoms with E-state index < -0.39 is 0 Å². The lowest BCUT2D eigenvalue weighted by Gasteiger charge is -2.12. The molecule has 0 spiro atoms. The monoisotopic (exact) mass is 1760 g/mol. The largest absolute Gasteiger partial charge is 0.309 e. The number of aromatic nitrogens is 6. The van der Waals surface area contributed by atoms with Crippen LogP contribution in [0.25, 0.3) is 243 Å². The minimum atomic E-state index is 1.16. The van der Waals surface area contributed by atoms with Crippen molar-refractivity contribution in [2.24, 2.45) is 0 Å². The Labute approximate surface area is 798 Å². The Morgan fingerprint density at radius 2 is 0.246 bits per heavy atom. The maximum atomic E-state index is 2.42. The second-order valence-electron chi connectivity index (χ2n) is 35.8. The van der Waals surface area contributed by atoms with Crippen molar-refractivity contribution in [3.05, 3.63) is 534 Å². The van der Waals surface area contributed by atoms with Crippen molar-refractivity contribution in [1.82, 2.24) is 27.4 Å². The van der Waals surface area contributed by atoms with Gasteiger partial charge in [0.1, 0.15) is 0 Å². The Morgan fingerprint density at radius 3 is 0.536 bits per heavy atom. The predicted octanol–water partition coefficient (Wildman–Crippen LogP) is 35.3. The van der Waals surface area contributed by atoms with E-state index in [2.05, 4.69) is 561 Å². The van der Waals surface area contributed by atoms with E-state index in [9.17, 15) is 0 Å². The second kappa shape index (κ2) is 34.0. The van der Waals surface area contributed by atoms with Gasteiger partial charge in [-0.05, 0) is 242 Å². The molecule has 28 aromatic rings. The zero-order valence-corrected chi connectivity index (χ0v) is 75.5. The summed E-state index contributed by atoms with van der Waals surface area (Å²) in [6.45, 7) is 0. The molecule has 0 saturated heterocycles. The minimum absolute atomic E-state index is 1.16. The van der Waals surface area contributed by atoms with Crippen molar-refractivity contribution in [3.63, 3.8) is 0 Å². The molecule has 0 bridgehead atoms. The van der Waals surface area contributed by atoms with Gasteiger partial charge in [-0.1, -0.05) is 370 Å². The number of fused-ring (bicyclic) bond motifs is 18. The normalized spacial score (nSPS) is 11.6. The Morgan fingerprint density at radius 1 is 0.0797 bits per heavy atom. The number of hydrogen-bond donors (Lipinski definition) is 0. The van der Waals surface area contributed by atoms with Crippen LogP contribution in [0.3, 0.4) is 0 Å². The highest BCUT2D eigenvalue weighted by molar-refractivity contribution is 6.17. The summed E-state index contributed by atoms with van der Waals surface area (Å²) in [7, 11) is 0. The van der Waals surface area contributed by atoms with Gasteiger partial charge in [-0.25, -0.2) is 0 Å². The first kappa shape index (κ1) is 80.5. The molecule has 0 N–H and O–H groups in total. The van der Waals surface area contributed by atoms with Gasteiger partial charge in [0.15, 0.2) is 0 Å². The van der Waals surface area contributed by atoms with Crippen LogP contribution in [0.15, 0.2) is 534 Å².